The number of ether oxygens (including phenoxy) is 1. The number of nitrogens with zero attached hydrogens (tertiary/aromatic N) is 2. The third-order valence-corrected chi connectivity index (χ3v) is 1.41. The molecule has 0 amide bonds. The number of hydrogen-bond acceptors (Lipinski definition) is 5. The summed E-state index contributed by atoms with van der Waals surface area (Å²) in [6, 6.07) is 0. The van der Waals surface area contributed by atoms with Gasteiger partial charge < -0.3 is 15.6 Å². The first-order chi connectivity index (χ1) is 6.77. The van der Waals surface area contributed by atoms with Crippen LogP contribution in [0, 0.1) is 11.8 Å². The molecule has 0 aromatic carbocycles. The van der Waals surface area contributed by atoms with Crippen molar-refractivity contribution in [3.05, 3.63) is 11.9 Å². The number of rotatable bonds is 2. The van der Waals surface area contributed by atoms with Crippen LogP contribution >= 0.6 is 0 Å². The van der Waals surface area contributed by atoms with Crippen molar-refractivity contribution in [3.8, 4) is 17.7 Å². The molecule has 74 valence electrons. The fraction of sp³-hybridized carbons (Fsp3) is 0.333. The van der Waals surface area contributed by atoms with Crippen LogP contribution < -0.4 is 10.5 Å². The second-order valence-electron chi connectivity index (χ2n) is 2.43. The van der Waals surface area contributed by atoms with Gasteiger partial charge >= 0.3 is 0 Å². The van der Waals surface area contributed by atoms with Crippen molar-refractivity contribution in [2.24, 2.45) is 0 Å². The van der Waals surface area contributed by atoms with Gasteiger partial charge in [0.05, 0.1) is 19.9 Å². The average Bonchev–Trinajstić information content (AvgIpc) is 2.21. The number of nitrogen functional groups attached to an aromatic ring is 1. The lowest BCUT2D eigenvalue weighted by Gasteiger charge is -2.00. The molecular weight excluding hydrogens is 182 g/mol. The zero-order valence-corrected chi connectivity index (χ0v) is 7.82. The first-order valence-electron chi connectivity index (χ1n) is 4.04. The van der Waals surface area contributed by atoms with Gasteiger partial charge in [-0.05, 0) is 5.92 Å². The molecule has 0 saturated heterocycles. The minimum atomic E-state index is 0.0343. The number of methoxy groups -OCH3 is 1. The van der Waals surface area contributed by atoms with Gasteiger partial charge in [-0.15, -0.1) is 0 Å². The van der Waals surface area contributed by atoms with Crippen molar-refractivity contribution < 1.29 is 9.84 Å². The van der Waals surface area contributed by atoms with Crippen molar-refractivity contribution in [2.45, 2.75) is 6.42 Å². The van der Waals surface area contributed by atoms with Gasteiger partial charge in [0.15, 0.2) is 5.82 Å². The number of anilines is 1. The maximum absolute atomic E-state index is 8.51. The molecule has 1 heterocycles. The molecule has 0 fully saturated rings. The maximum Gasteiger partial charge on any atom is 0.258 e. The van der Waals surface area contributed by atoms with Gasteiger partial charge in [0.25, 0.3) is 5.88 Å². The lowest BCUT2D eigenvalue weighted by atomic mass is 10.4. The van der Waals surface area contributed by atoms with E-state index in [9.17, 15) is 0 Å². The van der Waals surface area contributed by atoms with E-state index in [2.05, 4.69) is 21.8 Å². The Morgan fingerprint density at radius 3 is 3.07 bits per heavy atom. The molecule has 1 aromatic rings. The largest absolute Gasteiger partial charge is 0.478 e. The average molecular weight is 193 g/mol. The van der Waals surface area contributed by atoms with Gasteiger partial charge in [0.1, 0.15) is 5.69 Å². The SMILES string of the molecule is COc1nc(C#CCCO)cnc1N. The Labute approximate surface area is 81.9 Å². The van der Waals surface area contributed by atoms with E-state index >= 15 is 0 Å². The van der Waals surface area contributed by atoms with Crippen LogP contribution in [0.5, 0.6) is 5.88 Å². The summed E-state index contributed by atoms with van der Waals surface area (Å²) in [5.74, 6) is 5.95. The quantitative estimate of drug-likeness (QED) is 0.636. The van der Waals surface area contributed by atoms with Crippen LogP contribution in [0.4, 0.5) is 5.82 Å². The highest BCUT2D eigenvalue weighted by atomic mass is 16.5. The van der Waals surface area contributed by atoms with Crippen LogP contribution in [0.3, 0.4) is 0 Å². The summed E-state index contributed by atoms with van der Waals surface area (Å²) in [6.45, 7) is 0.0343. The summed E-state index contributed by atoms with van der Waals surface area (Å²) >= 11 is 0. The summed E-state index contributed by atoms with van der Waals surface area (Å²) in [6.07, 6.45) is 1.87. The van der Waals surface area contributed by atoms with Crippen LogP contribution in [0.15, 0.2) is 6.20 Å². The lowest BCUT2D eigenvalue weighted by Crippen LogP contribution is -1.99. The Bertz CT molecular complexity index is 368. The molecule has 0 bridgehead atoms. The molecular formula is C9H11N3O2. The molecule has 0 saturated carbocycles. The normalized spacial score (nSPS) is 9.00. The van der Waals surface area contributed by atoms with E-state index in [0.717, 1.165) is 0 Å². The number of aliphatic hydroxyl groups is 1. The Hall–Kier alpha value is -1.80. The molecule has 1 rings (SSSR count). The molecule has 0 aliphatic heterocycles. The Morgan fingerprint density at radius 1 is 1.64 bits per heavy atom. The predicted octanol–water partition coefficient (Wildman–Crippen LogP) is -0.199. The fourth-order valence-corrected chi connectivity index (χ4v) is 0.801. The van der Waals surface area contributed by atoms with Crippen molar-refractivity contribution in [2.75, 3.05) is 19.5 Å². The molecule has 0 aliphatic carbocycles. The topological polar surface area (TPSA) is 81.3 Å². The second kappa shape index (κ2) is 5.04. The van der Waals surface area contributed by atoms with Gasteiger partial charge in [0, 0.05) is 6.42 Å². The van der Waals surface area contributed by atoms with Crippen molar-refractivity contribution >= 4 is 5.82 Å². The van der Waals surface area contributed by atoms with Crippen molar-refractivity contribution in [3.63, 3.8) is 0 Å². The maximum atomic E-state index is 8.51. The fourth-order valence-electron chi connectivity index (χ4n) is 0.801. The number of aliphatic hydroxyl groups excluding tert-OH is 1. The Morgan fingerprint density at radius 2 is 2.43 bits per heavy atom. The first kappa shape index (κ1) is 10.3. The summed E-state index contributed by atoms with van der Waals surface area (Å²) in [5, 5.41) is 8.51. The summed E-state index contributed by atoms with van der Waals surface area (Å²) in [4.78, 5) is 7.85. The second-order valence-corrected chi connectivity index (χ2v) is 2.43. The minimum absolute atomic E-state index is 0.0343. The van der Waals surface area contributed by atoms with Gasteiger partial charge in [0.2, 0.25) is 0 Å². The molecule has 0 aliphatic rings. The number of nitrogens with two attached hydrogens (primary N) is 1. The van der Waals surface area contributed by atoms with Crippen molar-refractivity contribution in [1.82, 2.24) is 9.97 Å². The molecule has 14 heavy (non-hydrogen) atoms. The van der Waals surface area contributed by atoms with Gasteiger partial charge in [-0.25, -0.2) is 4.98 Å². The van der Waals surface area contributed by atoms with E-state index < -0.39 is 0 Å². The Kier molecular flexibility index (Phi) is 3.70. The standard InChI is InChI=1S/C9H11N3O2/c1-14-9-8(10)11-6-7(12-9)4-2-3-5-13/h6,13H,3,5H2,1H3,(H2,10,11). The number of aromatic nitrogens is 2. The van der Waals surface area contributed by atoms with E-state index in [1.807, 2.05) is 0 Å². The molecule has 3 N–H and O–H groups in total. The van der Waals surface area contributed by atoms with Crippen molar-refractivity contribution in [1.29, 1.82) is 0 Å². The predicted molar refractivity (Wildman–Crippen MR) is 51.6 cm³/mol. The summed E-state index contributed by atoms with van der Waals surface area (Å²) < 4.78 is 4.88. The monoisotopic (exact) mass is 193 g/mol. The smallest absolute Gasteiger partial charge is 0.258 e. The third-order valence-electron chi connectivity index (χ3n) is 1.41. The highest BCUT2D eigenvalue weighted by Gasteiger charge is 2.01. The number of hydrogen-bond donors (Lipinski definition) is 2. The highest BCUT2D eigenvalue weighted by Crippen LogP contribution is 2.13. The Balaban J connectivity index is 2.86. The third kappa shape index (κ3) is 2.61. The van der Waals surface area contributed by atoms with E-state index in [4.69, 9.17) is 15.6 Å². The minimum Gasteiger partial charge on any atom is -0.478 e. The van der Waals surface area contributed by atoms with Crippen LogP contribution in [-0.4, -0.2) is 28.8 Å². The molecule has 5 nitrogen and oxygen atoms in total. The zero-order chi connectivity index (χ0) is 10.4. The highest BCUT2D eigenvalue weighted by molar-refractivity contribution is 5.42. The van der Waals surface area contributed by atoms with Crippen LogP contribution in [-0.2, 0) is 0 Å². The van der Waals surface area contributed by atoms with E-state index in [-0.39, 0.29) is 18.3 Å². The summed E-state index contributed by atoms with van der Waals surface area (Å²) in [7, 11) is 1.46. The van der Waals surface area contributed by atoms with E-state index in [1.54, 1.807) is 0 Å². The molecule has 0 spiro atoms. The van der Waals surface area contributed by atoms with Crippen LogP contribution in [0.25, 0.3) is 0 Å². The molecule has 0 radical (unpaired) electrons. The lowest BCUT2D eigenvalue weighted by molar-refractivity contribution is 0.305. The van der Waals surface area contributed by atoms with Crippen LogP contribution in [0.1, 0.15) is 12.1 Å². The van der Waals surface area contributed by atoms with E-state index in [1.165, 1.54) is 13.3 Å². The zero-order valence-electron chi connectivity index (χ0n) is 7.82. The van der Waals surface area contributed by atoms with Gasteiger partial charge in [-0.1, -0.05) is 5.92 Å². The van der Waals surface area contributed by atoms with Gasteiger partial charge in [-0.3, -0.25) is 0 Å². The molecule has 5 heteroatoms. The van der Waals surface area contributed by atoms with Crippen LogP contribution in [0.2, 0.25) is 0 Å². The van der Waals surface area contributed by atoms with E-state index in [0.29, 0.717) is 12.1 Å². The molecule has 1 aromatic heterocycles. The van der Waals surface area contributed by atoms with Gasteiger partial charge in [-0.2, -0.15) is 4.98 Å². The first-order valence-corrected chi connectivity index (χ1v) is 4.04. The molecule has 0 unspecified atom stereocenters. The summed E-state index contributed by atoms with van der Waals surface area (Å²) in [5.41, 5.74) is 5.94. The molecule has 0 atom stereocenters.